The molecule has 4 N–H and O–H groups in total. The fourth-order valence-electron chi connectivity index (χ4n) is 4.63. The van der Waals surface area contributed by atoms with Crippen LogP contribution in [0.4, 0.5) is 23.1 Å². The van der Waals surface area contributed by atoms with Gasteiger partial charge in [-0.2, -0.15) is 15.2 Å². The molecule has 4 aromatic rings. The van der Waals surface area contributed by atoms with Gasteiger partial charge in [-0.15, -0.1) is 0 Å². The Morgan fingerprint density at radius 3 is 2.73 bits per heavy atom. The molecule has 3 heterocycles. The molecule has 0 atom stereocenters. The molecule has 1 fully saturated rings. The maximum atomic E-state index is 12.1. The lowest BCUT2D eigenvalue weighted by Gasteiger charge is -2.21. The van der Waals surface area contributed by atoms with Crippen LogP contribution in [0.2, 0.25) is 0 Å². The minimum absolute atomic E-state index is 0.141. The molecular formula is C25H30N10O2. The van der Waals surface area contributed by atoms with Crippen LogP contribution in [-0.2, 0) is 13.6 Å². The van der Waals surface area contributed by atoms with Gasteiger partial charge in [-0.05, 0) is 30.9 Å². The molecule has 1 aliphatic carbocycles. The molecule has 1 saturated carbocycles. The smallest absolute Gasteiger partial charge is 0.254 e. The lowest BCUT2D eigenvalue weighted by molar-refractivity contribution is 0.100. The summed E-state index contributed by atoms with van der Waals surface area (Å²) < 4.78 is 9.23. The van der Waals surface area contributed by atoms with Crippen LogP contribution in [0.15, 0.2) is 43.1 Å². The topological polar surface area (TPSA) is 151 Å². The largest absolute Gasteiger partial charge is 0.494 e. The molecule has 0 aliphatic heterocycles. The lowest BCUT2D eigenvalue weighted by atomic mass is 9.89. The Balaban J connectivity index is 1.39. The highest BCUT2D eigenvalue weighted by atomic mass is 16.5. The average molecular weight is 503 g/mol. The molecule has 0 spiro atoms. The van der Waals surface area contributed by atoms with Crippen molar-refractivity contribution < 1.29 is 9.53 Å². The number of amides is 1. The zero-order chi connectivity index (χ0) is 25.8. The number of primary amides is 1. The van der Waals surface area contributed by atoms with E-state index in [1.807, 2.05) is 23.0 Å². The van der Waals surface area contributed by atoms with Crippen LogP contribution >= 0.6 is 0 Å². The van der Waals surface area contributed by atoms with Gasteiger partial charge in [-0.25, -0.2) is 9.97 Å². The van der Waals surface area contributed by atoms with E-state index in [1.54, 1.807) is 37.4 Å². The minimum Gasteiger partial charge on any atom is -0.494 e. The molecule has 0 unspecified atom stereocenters. The molecule has 192 valence electrons. The number of carbonyl (C=O) groups excluding carboxylic acids is 1. The van der Waals surface area contributed by atoms with Crippen LogP contribution in [0.1, 0.15) is 42.5 Å². The summed E-state index contributed by atoms with van der Waals surface area (Å²) in [6, 6.07) is 5.49. The summed E-state index contributed by atoms with van der Waals surface area (Å²) >= 11 is 0. The monoisotopic (exact) mass is 502 g/mol. The van der Waals surface area contributed by atoms with Crippen LogP contribution in [0.25, 0.3) is 11.4 Å². The number of nitrogens with one attached hydrogen (secondary N) is 2. The first-order valence-corrected chi connectivity index (χ1v) is 12.3. The zero-order valence-corrected chi connectivity index (χ0v) is 20.9. The van der Waals surface area contributed by atoms with Gasteiger partial charge < -0.3 is 21.1 Å². The Morgan fingerprint density at radius 1 is 1.16 bits per heavy atom. The summed E-state index contributed by atoms with van der Waals surface area (Å²) in [6.07, 6.45) is 13.1. The molecule has 37 heavy (non-hydrogen) atoms. The van der Waals surface area contributed by atoms with E-state index in [0.29, 0.717) is 34.7 Å². The highest BCUT2D eigenvalue weighted by Crippen LogP contribution is 2.36. The van der Waals surface area contributed by atoms with Gasteiger partial charge in [-0.1, -0.05) is 25.3 Å². The van der Waals surface area contributed by atoms with Crippen molar-refractivity contribution in [1.29, 1.82) is 0 Å². The number of aryl methyl sites for hydroxylation is 1. The molecule has 0 bridgehead atoms. The minimum atomic E-state index is -0.657. The third-order valence-electron chi connectivity index (χ3n) is 6.43. The first kappa shape index (κ1) is 24.2. The number of nitrogens with two attached hydrogens (primary N) is 1. The molecule has 0 radical (unpaired) electrons. The van der Waals surface area contributed by atoms with Gasteiger partial charge in [-0.3, -0.25) is 14.2 Å². The summed E-state index contributed by atoms with van der Waals surface area (Å²) in [5.74, 6) is 1.55. The van der Waals surface area contributed by atoms with E-state index in [2.05, 4.69) is 35.8 Å². The predicted octanol–water partition coefficient (Wildman–Crippen LogP) is 3.64. The molecule has 1 amide bonds. The maximum absolute atomic E-state index is 12.1. The van der Waals surface area contributed by atoms with E-state index in [9.17, 15) is 4.79 Å². The highest BCUT2D eigenvalue weighted by molar-refractivity contribution is 5.98. The number of rotatable bonds is 9. The summed E-state index contributed by atoms with van der Waals surface area (Å²) in [4.78, 5) is 25.3. The van der Waals surface area contributed by atoms with E-state index in [-0.39, 0.29) is 11.4 Å². The van der Waals surface area contributed by atoms with Gasteiger partial charge in [0.25, 0.3) is 5.91 Å². The van der Waals surface area contributed by atoms with Gasteiger partial charge >= 0.3 is 0 Å². The Morgan fingerprint density at radius 2 is 2.00 bits per heavy atom. The third-order valence-corrected chi connectivity index (χ3v) is 6.43. The molecular weight excluding hydrogens is 472 g/mol. The molecule has 0 saturated heterocycles. The van der Waals surface area contributed by atoms with Crippen molar-refractivity contribution in [2.24, 2.45) is 18.7 Å². The second kappa shape index (κ2) is 10.6. The number of hydrogen-bond acceptors (Lipinski definition) is 9. The first-order valence-electron chi connectivity index (χ1n) is 12.3. The van der Waals surface area contributed by atoms with E-state index >= 15 is 0 Å². The molecule has 12 heteroatoms. The Labute approximate surface area is 214 Å². The van der Waals surface area contributed by atoms with Gasteiger partial charge in [0.1, 0.15) is 17.7 Å². The number of hydrogen-bond donors (Lipinski definition) is 3. The van der Waals surface area contributed by atoms with Crippen molar-refractivity contribution >= 4 is 29.0 Å². The first-order chi connectivity index (χ1) is 18.0. The van der Waals surface area contributed by atoms with E-state index in [0.717, 1.165) is 12.2 Å². The van der Waals surface area contributed by atoms with Crippen molar-refractivity contribution in [3.05, 3.63) is 48.7 Å². The number of methoxy groups -OCH3 is 1. The number of benzene rings is 1. The molecule has 3 aromatic heterocycles. The van der Waals surface area contributed by atoms with Crippen molar-refractivity contribution in [2.45, 2.75) is 38.6 Å². The number of anilines is 4. The van der Waals surface area contributed by atoms with E-state index in [1.165, 1.54) is 38.3 Å². The second-order valence-electron chi connectivity index (χ2n) is 9.15. The van der Waals surface area contributed by atoms with Crippen LogP contribution < -0.4 is 21.1 Å². The number of ether oxygens (including phenoxy) is 1. The summed E-state index contributed by atoms with van der Waals surface area (Å²) in [5.41, 5.74) is 7.77. The van der Waals surface area contributed by atoms with E-state index in [4.69, 9.17) is 10.5 Å². The normalized spacial score (nSPS) is 13.9. The van der Waals surface area contributed by atoms with Crippen LogP contribution in [0.3, 0.4) is 0 Å². The van der Waals surface area contributed by atoms with Crippen molar-refractivity contribution in [1.82, 2.24) is 34.5 Å². The molecule has 1 aliphatic rings. The van der Waals surface area contributed by atoms with Crippen LogP contribution in [-0.4, -0.2) is 47.5 Å². The average Bonchev–Trinajstić information content (AvgIpc) is 3.53. The number of nitrogens with zero attached hydrogens (tertiary/aromatic N) is 7. The summed E-state index contributed by atoms with van der Waals surface area (Å²) in [7, 11) is 3.35. The summed E-state index contributed by atoms with van der Waals surface area (Å²) in [5, 5.41) is 15.2. The molecule has 12 nitrogen and oxygen atoms in total. The molecule has 5 rings (SSSR count). The SMILES string of the molecule is COc1c(Nc2nc(Nc3cnn(CC4CCCCC4)c3)ncc2C(N)=O)cccc1-c1ncn(C)n1. The highest BCUT2D eigenvalue weighted by Gasteiger charge is 2.19. The summed E-state index contributed by atoms with van der Waals surface area (Å²) in [6.45, 7) is 0.900. The lowest BCUT2D eigenvalue weighted by Crippen LogP contribution is -2.16. The molecule has 1 aromatic carbocycles. The Hall–Kier alpha value is -4.48. The predicted molar refractivity (Wildman–Crippen MR) is 139 cm³/mol. The second-order valence-corrected chi connectivity index (χ2v) is 9.15. The van der Waals surface area contributed by atoms with Gasteiger partial charge in [0.2, 0.25) is 5.95 Å². The van der Waals surface area contributed by atoms with Crippen molar-refractivity contribution in [3.63, 3.8) is 0 Å². The fourth-order valence-corrected chi connectivity index (χ4v) is 4.63. The fraction of sp³-hybridized carbons (Fsp3) is 0.360. The van der Waals surface area contributed by atoms with Crippen molar-refractivity contribution in [2.75, 3.05) is 17.7 Å². The third kappa shape index (κ3) is 5.52. The van der Waals surface area contributed by atoms with Crippen LogP contribution in [0, 0.1) is 5.92 Å². The quantitative estimate of drug-likeness (QED) is 0.311. The van der Waals surface area contributed by atoms with Gasteiger partial charge in [0.05, 0.1) is 30.2 Å². The maximum Gasteiger partial charge on any atom is 0.254 e. The number of para-hydroxylation sites is 1. The van der Waals surface area contributed by atoms with Gasteiger partial charge in [0.15, 0.2) is 11.6 Å². The Kier molecular flexibility index (Phi) is 6.97. The van der Waals surface area contributed by atoms with E-state index < -0.39 is 5.91 Å². The standard InChI is InChI=1S/C25H30N10O2/c1-34-15-28-23(33-34)18-9-6-10-20(21(18)37-2)31-24-19(22(26)36)12-27-25(32-24)30-17-11-29-35(14-17)13-16-7-4-3-5-8-16/h6,9-12,14-16H,3-5,7-8,13H2,1-2H3,(H2,26,36)(H2,27,30,31,32). The number of aromatic nitrogens is 7. The van der Waals surface area contributed by atoms with Gasteiger partial charge in [0, 0.05) is 26.0 Å². The van der Waals surface area contributed by atoms with Crippen LogP contribution in [0.5, 0.6) is 5.75 Å². The zero-order valence-electron chi connectivity index (χ0n) is 20.9. The Bertz CT molecular complexity index is 1390. The number of carbonyl (C=O) groups is 1. The van der Waals surface area contributed by atoms with Crippen molar-refractivity contribution in [3.8, 4) is 17.1 Å².